The molecule has 9 N–H and O–H groups in total. The molecule has 0 saturated heterocycles. The highest BCUT2D eigenvalue weighted by Gasteiger charge is 2.32. The van der Waals surface area contributed by atoms with E-state index in [0.29, 0.717) is 27.6 Å². The van der Waals surface area contributed by atoms with Gasteiger partial charge in [-0.3, -0.25) is 14.8 Å². The van der Waals surface area contributed by atoms with E-state index in [9.17, 15) is 22.6 Å². The molecule has 12 nitrogen and oxygen atoms in total. The molecule has 3 aromatic carbocycles. The van der Waals surface area contributed by atoms with Crippen LogP contribution in [-0.2, 0) is 26.1 Å². The molecule has 0 aliphatic carbocycles. The fourth-order valence-electron chi connectivity index (χ4n) is 3.57. The average Bonchev–Trinajstić information content (AvgIpc) is 2.83. The Kier molecular flexibility index (Phi) is 7.99. The number of hydrazine groups is 1. The summed E-state index contributed by atoms with van der Waals surface area (Å²) in [6.07, 6.45) is 1.10. The van der Waals surface area contributed by atoms with Crippen molar-refractivity contribution in [2.45, 2.75) is 18.3 Å². The molecule has 0 spiro atoms. The molecule has 1 unspecified atom stereocenters. The lowest BCUT2D eigenvalue weighted by atomic mass is 9.94. The third-order valence-corrected chi connectivity index (χ3v) is 6.12. The highest BCUT2D eigenvalue weighted by molar-refractivity contribution is 7.85. The third kappa shape index (κ3) is 6.21. The zero-order chi connectivity index (χ0) is 26.5. The fraction of sp³-hybridized carbons (Fsp3) is 0.130. The second-order valence-electron chi connectivity index (χ2n) is 7.67. The van der Waals surface area contributed by atoms with E-state index in [2.05, 4.69) is 10.4 Å². The van der Waals surface area contributed by atoms with Gasteiger partial charge in [-0.05, 0) is 53.1 Å². The number of carbonyl (C=O) groups is 2. The molecule has 0 aliphatic heterocycles. The minimum absolute atomic E-state index is 0.00682. The number of benzene rings is 3. The molecular weight excluding hydrogens is 488 g/mol. The maximum atomic E-state index is 12.8. The number of primary amides is 1. The Morgan fingerprint density at radius 1 is 1.08 bits per heavy atom. The molecule has 1 amide bonds. The van der Waals surface area contributed by atoms with Crippen LogP contribution in [0.15, 0.2) is 59.6 Å². The first kappa shape index (κ1) is 26.3. The number of carbonyl (C=O) groups excluding carboxylic acids is 2. The molecule has 0 aromatic heterocycles. The lowest BCUT2D eigenvalue weighted by molar-refractivity contribution is -0.118. The van der Waals surface area contributed by atoms with E-state index in [1.807, 2.05) is 0 Å². The predicted molar refractivity (Wildman–Crippen MR) is 134 cm³/mol. The number of hydrogen-bond acceptors (Lipinski definition) is 8. The lowest BCUT2D eigenvalue weighted by Crippen LogP contribution is -2.22. The highest BCUT2D eigenvalue weighted by atomic mass is 32.2. The number of esters is 1. The van der Waals surface area contributed by atoms with Crippen molar-refractivity contribution < 1.29 is 27.3 Å². The number of aryl methyl sites for hydroxylation is 1. The van der Waals surface area contributed by atoms with Crippen LogP contribution >= 0.6 is 0 Å². The molecule has 3 aromatic rings. The van der Waals surface area contributed by atoms with Gasteiger partial charge in [-0.15, -0.1) is 0 Å². The van der Waals surface area contributed by atoms with E-state index in [1.165, 1.54) is 42.7 Å². The van der Waals surface area contributed by atoms with Crippen molar-refractivity contribution in [1.82, 2.24) is 5.43 Å². The predicted octanol–water partition coefficient (Wildman–Crippen LogP) is 1.41. The van der Waals surface area contributed by atoms with Crippen molar-refractivity contribution in [3.63, 3.8) is 0 Å². The summed E-state index contributed by atoms with van der Waals surface area (Å²) in [5, 5.41) is 8.73. The molecule has 188 valence electrons. The Morgan fingerprint density at radius 3 is 2.33 bits per heavy atom. The molecule has 0 heterocycles. The van der Waals surface area contributed by atoms with Gasteiger partial charge in [-0.2, -0.15) is 8.42 Å². The number of aliphatic imine (C=N–C) groups is 1. The molecule has 0 saturated carbocycles. The molecular formula is C23H24N6O6S. The number of rotatable bonds is 10. The number of nitrogen functional groups attached to an aromatic ring is 1. The van der Waals surface area contributed by atoms with Crippen LogP contribution in [0.1, 0.15) is 38.9 Å². The zero-order valence-corrected chi connectivity index (χ0v) is 19.7. The number of nitrogens with two attached hydrogens (primary N) is 3. The van der Waals surface area contributed by atoms with Crippen LogP contribution in [0.5, 0.6) is 0 Å². The molecule has 0 radical (unpaired) electrons. The molecule has 36 heavy (non-hydrogen) atoms. The van der Waals surface area contributed by atoms with Crippen LogP contribution < -0.4 is 22.7 Å². The minimum atomic E-state index is -4.95. The first-order valence-electron chi connectivity index (χ1n) is 10.5. The summed E-state index contributed by atoms with van der Waals surface area (Å²) in [5.74, 6) is 3.30. The molecule has 0 fully saturated rings. The Balaban J connectivity index is 2.07. The molecule has 0 aliphatic rings. The summed E-state index contributed by atoms with van der Waals surface area (Å²) in [5.41, 5.74) is 12.2. The van der Waals surface area contributed by atoms with Gasteiger partial charge in [0.05, 0.1) is 11.3 Å². The summed E-state index contributed by atoms with van der Waals surface area (Å²) in [6.45, 7) is 0. The number of nitrogens with zero attached hydrogens (tertiary/aromatic N) is 1. The molecule has 1 atom stereocenters. The zero-order valence-electron chi connectivity index (χ0n) is 18.8. The lowest BCUT2D eigenvalue weighted by Gasteiger charge is -2.20. The standard InChI is InChI=1S/C23H24N6O6S/c24-20(30)10-9-18-17-7-4-15(21(25)26)11-14(17)3-8-19(18)23(36(32,33)34)35-22(31)13-1-5-16(6-2-13)28-12-29-27/h1-8,11-12,23H,9-10,27H2,(H2,24,30)(H3,25,26)(H,28,29)(H,32,33,34). The van der Waals surface area contributed by atoms with Gasteiger partial charge in [0.2, 0.25) is 5.91 Å². The van der Waals surface area contributed by atoms with Gasteiger partial charge in [0, 0.05) is 17.5 Å². The molecule has 13 heteroatoms. The van der Waals surface area contributed by atoms with Crippen molar-refractivity contribution in [2.24, 2.45) is 22.3 Å². The number of hydrogen-bond donors (Lipinski definition) is 6. The maximum Gasteiger partial charge on any atom is 0.339 e. The van der Waals surface area contributed by atoms with E-state index < -0.39 is 27.4 Å². The van der Waals surface area contributed by atoms with E-state index in [-0.39, 0.29) is 29.8 Å². The summed E-state index contributed by atoms with van der Waals surface area (Å²) in [7, 11) is -4.95. The Morgan fingerprint density at radius 2 is 1.75 bits per heavy atom. The second-order valence-corrected chi connectivity index (χ2v) is 9.13. The van der Waals surface area contributed by atoms with Gasteiger partial charge >= 0.3 is 16.1 Å². The van der Waals surface area contributed by atoms with E-state index in [4.69, 9.17) is 27.5 Å². The summed E-state index contributed by atoms with van der Waals surface area (Å²) >= 11 is 0. The second kappa shape index (κ2) is 10.9. The van der Waals surface area contributed by atoms with E-state index in [0.717, 1.165) is 0 Å². The number of fused-ring (bicyclic) bond motifs is 1. The Labute approximate surface area is 206 Å². The largest absolute Gasteiger partial charge is 0.435 e. The SMILES string of the molecule is N=C(N)c1ccc2c(CCC(N)=O)c(C(OC(=O)c3ccc(N=CNN)cc3)S(=O)(=O)O)ccc2c1. The van der Waals surface area contributed by atoms with Gasteiger partial charge in [0.25, 0.3) is 5.44 Å². The number of ether oxygens (including phenoxy) is 1. The van der Waals surface area contributed by atoms with Crippen molar-refractivity contribution >= 4 is 50.6 Å². The van der Waals surface area contributed by atoms with Crippen LogP contribution in [0.4, 0.5) is 5.69 Å². The third-order valence-electron chi connectivity index (χ3n) is 5.23. The quantitative estimate of drug-likeness (QED) is 0.0575. The summed E-state index contributed by atoms with van der Waals surface area (Å²) in [6, 6.07) is 13.4. The Hall–Kier alpha value is -4.33. The van der Waals surface area contributed by atoms with Gasteiger partial charge in [-0.25, -0.2) is 15.6 Å². The number of amides is 1. The van der Waals surface area contributed by atoms with Crippen molar-refractivity contribution in [3.8, 4) is 0 Å². The van der Waals surface area contributed by atoms with Crippen LogP contribution in [0, 0.1) is 5.41 Å². The van der Waals surface area contributed by atoms with E-state index in [1.54, 1.807) is 18.2 Å². The maximum absolute atomic E-state index is 12.8. The Bertz CT molecular complexity index is 1450. The first-order chi connectivity index (χ1) is 17.0. The monoisotopic (exact) mass is 512 g/mol. The van der Waals surface area contributed by atoms with Crippen LogP contribution in [0.2, 0.25) is 0 Å². The molecule has 3 rings (SSSR count). The van der Waals surface area contributed by atoms with Crippen LogP contribution in [-0.4, -0.2) is 37.0 Å². The topological polar surface area (TPSA) is 224 Å². The van der Waals surface area contributed by atoms with Crippen molar-refractivity contribution in [3.05, 3.63) is 76.9 Å². The van der Waals surface area contributed by atoms with Gasteiger partial charge in [0.1, 0.15) is 12.2 Å². The highest BCUT2D eigenvalue weighted by Crippen LogP contribution is 2.33. The van der Waals surface area contributed by atoms with Crippen molar-refractivity contribution in [2.75, 3.05) is 0 Å². The van der Waals surface area contributed by atoms with Crippen LogP contribution in [0.25, 0.3) is 10.8 Å². The number of amidine groups is 1. The van der Waals surface area contributed by atoms with Gasteiger partial charge in [0.15, 0.2) is 0 Å². The van der Waals surface area contributed by atoms with Crippen molar-refractivity contribution in [1.29, 1.82) is 5.41 Å². The molecule has 0 bridgehead atoms. The summed E-state index contributed by atoms with van der Waals surface area (Å²) < 4.78 is 39.9. The summed E-state index contributed by atoms with van der Waals surface area (Å²) in [4.78, 5) is 28.2. The average molecular weight is 513 g/mol. The minimum Gasteiger partial charge on any atom is -0.435 e. The smallest absolute Gasteiger partial charge is 0.339 e. The van der Waals surface area contributed by atoms with Gasteiger partial charge in [-0.1, -0.05) is 24.3 Å². The normalized spacial score (nSPS) is 12.4. The first-order valence-corrected chi connectivity index (χ1v) is 12.0. The van der Waals surface area contributed by atoms with Crippen LogP contribution in [0.3, 0.4) is 0 Å². The van der Waals surface area contributed by atoms with E-state index >= 15 is 0 Å². The fourth-order valence-corrected chi connectivity index (χ4v) is 4.32. The number of nitrogens with one attached hydrogen (secondary N) is 2. The van der Waals surface area contributed by atoms with Gasteiger partial charge < -0.3 is 21.6 Å².